The SMILES string of the molecule is COC(=O)C1COC(C)(CC(C)C)O1. The fourth-order valence-corrected chi connectivity index (χ4v) is 1.72. The van der Waals surface area contributed by atoms with Crippen molar-refractivity contribution < 1.29 is 19.0 Å². The van der Waals surface area contributed by atoms with Gasteiger partial charge in [-0.3, -0.25) is 0 Å². The Morgan fingerprint density at radius 2 is 2.29 bits per heavy atom. The van der Waals surface area contributed by atoms with Crippen LogP contribution in [0, 0.1) is 5.92 Å². The lowest BCUT2D eigenvalue weighted by Crippen LogP contribution is -2.31. The third-order valence-electron chi connectivity index (χ3n) is 2.17. The van der Waals surface area contributed by atoms with Crippen LogP contribution < -0.4 is 0 Å². The largest absolute Gasteiger partial charge is 0.467 e. The summed E-state index contributed by atoms with van der Waals surface area (Å²) in [5.41, 5.74) is 0. The Labute approximate surface area is 84.5 Å². The van der Waals surface area contributed by atoms with E-state index in [2.05, 4.69) is 18.6 Å². The Kier molecular flexibility index (Phi) is 3.50. The first-order chi connectivity index (χ1) is 6.47. The number of hydrogen-bond acceptors (Lipinski definition) is 4. The minimum absolute atomic E-state index is 0.288. The molecule has 1 rings (SSSR count). The van der Waals surface area contributed by atoms with Crippen LogP contribution >= 0.6 is 0 Å². The molecule has 4 heteroatoms. The van der Waals surface area contributed by atoms with Gasteiger partial charge in [-0.2, -0.15) is 0 Å². The van der Waals surface area contributed by atoms with Gasteiger partial charge < -0.3 is 14.2 Å². The zero-order valence-corrected chi connectivity index (χ0v) is 9.20. The smallest absolute Gasteiger partial charge is 0.337 e. The summed E-state index contributed by atoms with van der Waals surface area (Å²) in [6.45, 7) is 6.32. The van der Waals surface area contributed by atoms with Crippen molar-refractivity contribution >= 4 is 5.97 Å². The third kappa shape index (κ3) is 2.69. The Morgan fingerprint density at radius 3 is 2.79 bits per heavy atom. The zero-order valence-electron chi connectivity index (χ0n) is 9.20. The first kappa shape index (κ1) is 11.5. The Balaban J connectivity index is 2.50. The standard InChI is InChI=1S/C10H18O4/c1-7(2)5-10(3)13-6-8(14-10)9(11)12-4/h7-8H,5-6H2,1-4H3. The maximum Gasteiger partial charge on any atom is 0.337 e. The molecule has 1 aliphatic rings. The van der Waals surface area contributed by atoms with Crippen molar-refractivity contribution in [3.05, 3.63) is 0 Å². The van der Waals surface area contributed by atoms with E-state index >= 15 is 0 Å². The molecule has 1 heterocycles. The molecule has 0 aromatic heterocycles. The summed E-state index contributed by atoms with van der Waals surface area (Å²) >= 11 is 0. The summed E-state index contributed by atoms with van der Waals surface area (Å²) in [5, 5.41) is 0. The van der Waals surface area contributed by atoms with Gasteiger partial charge in [0, 0.05) is 6.42 Å². The molecule has 0 amide bonds. The van der Waals surface area contributed by atoms with Crippen LogP contribution in [0.15, 0.2) is 0 Å². The van der Waals surface area contributed by atoms with Crippen LogP contribution in [-0.2, 0) is 19.0 Å². The molecular weight excluding hydrogens is 184 g/mol. The molecule has 0 N–H and O–H groups in total. The van der Waals surface area contributed by atoms with Crippen LogP contribution in [0.25, 0.3) is 0 Å². The van der Waals surface area contributed by atoms with Gasteiger partial charge in [-0.05, 0) is 12.8 Å². The summed E-state index contributed by atoms with van der Waals surface area (Å²) in [6.07, 6.45) is 0.212. The number of methoxy groups -OCH3 is 1. The van der Waals surface area contributed by atoms with Gasteiger partial charge in [0.15, 0.2) is 11.9 Å². The van der Waals surface area contributed by atoms with E-state index in [1.807, 2.05) is 6.92 Å². The van der Waals surface area contributed by atoms with E-state index in [-0.39, 0.29) is 12.6 Å². The molecule has 0 bridgehead atoms. The fraction of sp³-hybridized carbons (Fsp3) is 0.900. The second kappa shape index (κ2) is 4.28. The van der Waals surface area contributed by atoms with Crippen molar-refractivity contribution in [1.29, 1.82) is 0 Å². The van der Waals surface area contributed by atoms with Gasteiger partial charge in [-0.1, -0.05) is 13.8 Å². The maximum absolute atomic E-state index is 11.2. The van der Waals surface area contributed by atoms with Gasteiger partial charge in [0.25, 0.3) is 0 Å². The summed E-state index contributed by atoms with van der Waals surface area (Å²) in [7, 11) is 1.35. The summed E-state index contributed by atoms with van der Waals surface area (Å²) in [6, 6.07) is 0. The van der Waals surface area contributed by atoms with E-state index in [0.29, 0.717) is 5.92 Å². The molecule has 82 valence electrons. The topological polar surface area (TPSA) is 44.8 Å². The molecule has 0 saturated carbocycles. The van der Waals surface area contributed by atoms with Crippen LogP contribution in [0.2, 0.25) is 0 Å². The molecule has 0 aliphatic carbocycles. The highest BCUT2D eigenvalue weighted by molar-refractivity contribution is 5.74. The van der Waals surface area contributed by atoms with Gasteiger partial charge in [-0.25, -0.2) is 4.79 Å². The number of hydrogen-bond donors (Lipinski definition) is 0. The van der Waals surface area contributed by atoms with Crippen LogP contribution in [0.5, 0.6) is 0 Å². The highest BCUT2D eigenvalue weighted by Crippen LogP contribution is 2.30. The van der Waals surface area contributed by atoms with Crippen LogP contribution in [0.3, 0.4) is 0 Å². The highest BCUT2D eigenvalue weighted by atomic mass is 16.8. The predicted octanol–water partition coefficient (Wildman–Crippen LogP) is 1.34. The Morgan fingerprint density at radius 1 is 1.64 bits per heavy atom. The van der Waals surface area contributed by atoms with E-state index in [9.17, 15) is 4.79 Å². The first-order valence-corrected chi connectivity index (χ1v) is 4.86. The lowest BCUT2D eigenvalue weighted by Gasteiger charge is -2.24. The Hall–Kier alpha value is -0.610. The van der Waals surface area contributed by atoms with E-state index < -0.39 is 11.9 Å². The van der Waals surface area contributed by atoms with Crippen molar-refractivity contribution in [2.75, 3.05) is 13.7 Å². The fourth-order valence-electron chi connectivity index (χ4n) is 1.72. The molecule has 2 unspecified atom stereocenters. The number of carbonyl (C=O) groups excluding carboxylic acids is 1. The lowest BCUT2D eigenvalue weighted by atomic mass is 10.0. The number of carbonyl (C=O) groups is 1. The summed E-state index contributed by atoms with van der Waals surface area (Å²) < 4.78 is 15.6. The monoisotopic (exact) mass is 202 g/mol. The van der Waals surface area contributed by atoms with Gasteiger partial charge in [0.1, 0.15) is 0 Å². The summed E-state index contributed by atoms with van der Waals surface area (Å²) in [4.78, 5) is 11.2. The number of esters is 1. The quantitative estimate of drug-likeness (QED) is 0.648. The molecular formula is C10H18O4. The average molecular weight is 202 g/mol. The molecule has 1 aliphatic heterocycles. The molecule has 14 heavy (non-hydrogen) atoms. The third-order valence-corrected chi connectivity index (χ3v) is 2.17. The second-order valence-corrected chi connectivity index (χ2v) is 4.17. The van der Waals surface area contributed by atoms with Gasteiger partial charge in [-0.15, -0.1) is 0 Å². The second-order valence-electron chi connectivity index (χ2n) is 4.17. The highest BCUT2D eigenvalue weighted by Gasteiger charge is 2.41. The van der Waals surface area contributed by atoms with Gasteiger partial charge >= 0.3 is 5.97 Å². The van der Waals surface area contributed by atoms with Crippen molar-refractivity contribution in [2.24, 2.45) is 5.92 Å². The molecule has 0 radical (unpaired) electrons. The molecule has 0 aromatic rings. The van der Waals surface area contributed by atoms with Crippen molar-refractivity contribution in [3.8, 4) is 0 Å². The van der Waals surface area contributed by atoms with Gasteiger partial charge in [0.2, 0.25) is 0 Å². The minimum atomic E-state index is -0.632. The van der Waals surface area contributed by atoms with Crippen molar-refractivity contribution in [1.82, 2.24) is 0 Å². The first-order valence-electron chi connectivity index (χ1n) is 4.86. The average Bonchev–Trinajstić information content (AvgIpc) is 2.45. The molecule has 4 nitrogen and oxygen atoms in total. The van der Waals surface area contributed by atoms with E-state index in [4.69, 9.17) is 9.47 Å². The van der Waals surface area contributed by atoms with Crippen LogP contribution in [-0.4, -0.2) is 31.6 Å². The van der Waals surface area contributed by atoms with E-state index in [1.165, 1.54) is 7.11 Å². The normalized spacial score (nSPS) is 32.2. The maximum atomic E-state index is 11.2. The Bertz CT molecular complexity index is 214. The van der Waals surface area contributed by atoms with E-state index in [1.54, 1.807) is 0 Å². The number of ether oxygens (including phenoxy) is 3. The van der Waals surface area contributed by atoms with Crippen molar-refractivity contribution in [3.63, 3.8) is 0 Å². The number of rotatable bonds is 3. The zero-order chi connectivity index (χ0) is 10.8. The molecule has 0 spiro atoms. The lowest BCUT2D eigenvalue weighted by molar-refractivity contribution is -0.179. The van der Waals surface area contributed by atoms with Gasteiger partial charge in [0.05, 0.1) is 13.7 Å². The van der Waals surface area contributed by atoms with Crippen LogP contribution in [0.4, 0.5) is 0 Å². The molecule has 1 saturated heterocycles. The van der Waals surface area contributed by atoms with E-state index in [0.717, 1.165) is 6.42 Å². The molecule has 1 fully saturated rings. The summed E-state index contributed by atoms with van der Waals surface area (Å²) in [5.74, 6) is -0.526. The molecule has 2 atom stereocenters. The molecule has 0 aromatic carbocycles. The minimum Gasteiger partial charge on any atom is -0.467 e. The predicted molar refractivity (Wildman–Crippen MR) is 50.7 cm³/mol. The van der Waals surface area contributed by atoms with Crippen LogP contribution in [0.1, 0.15) is 27.2 Å². The van der Waals surface area contributed by atoms with Crippen molar-refractivity contribution in [2.45, 2.75) is 39.1 Å².